The molecule has 0 unspecified atom stereocenters. The number of aromatic nitrogens is 2. The second-order valence-corrected chi connectivity index (χ2v) is 10.3. The van der Waals surface area contributed by atoms with Gasteiger partial charge in [0.15, 0.2) is 3.92 Å². The zero-order valence-corrected chi connectivity index (χ0v) is 19.3. The minimum absolute atomic E-state index is 0.115. The summed E-state index contributed by atoms with van der Waals surface area (Å²) < 4.78 is 78.0. The van der Waals surface area contributed by atoms with Crippen molar-refractivity contribution in [2.24, 2.45) is 0 Å². The van der Waals surface area contributed by atoms with Crippen LogP contribution in [0.25, 0.3) is 0 Å². The number of pyridine rings is 1. The fourth-order valence-electron chi connectivity index (χ4n) is 2.62. The van der Waals surface area contributed by atoms with E-state index in [0.717, 1.165) is 47.0 Å². The summed E-state index contributed by atoms with van der Waals surface area (Å²) in [7, 11) is -4.28. The zero-order valence-electron chi connectivity index (χ0n) is 16.0. The predicted molar refractivity (Wildman–Crippen MR) is 113 cm³/mol. The van der Waals surface area contributed by atoms with Gasteiger partial charge in [-0.2, -0.15) is 13.2 Å². The molecule has 0 aliphatic heterocycles. The number of hydrogen-bond donors (Lipinski definition) is 0. The first kappa shape index (κ1) is 24.1. The van der Waals surface area contributed by atoms with Crippen molar-refractivity contribution < 1.29 is 30.8 Å². The number of alkyl halides is 3. The summed E-state index contributed by atoms with van der Waals surface area (Å²) in [6.45, 7) is -0.294. The van der Waals surface area contributed by atoms with E-state index in [0.29, 0.717) is 20.0 Å². The average molecular weight is 553 g/mol. The predicted octanol–water partition coefficient (Wildman–Crippen LogP) is 4.48. The Morgan fingerprint density at radius 3 is 2.28 bits per heavy atom. The molecular weight excluding hydrogens is 540 g/mol. The van der Waals surface area contributed by atoms with Gasteiger partial charge < -0.3 is 0 Å². The number of rotatable bonds is 6. The number of hydrogen-bond acceptors (Lipinski definition) is 7. The van der Waals surface area contributed by atoms with E-state index in [4.69, 9.17) is 0 Å². The first-order valence-electron chi connectivity index (χ1n) is 8.57. The van der Waals surface area contributed by atoms with Crippen molar-refractivity contribution in [3.05, 3.63) is 74.7 Å². The molecule has 0 N–H and O–H groups in total. The number of hydrazine groups is 1. The van der Waals surface area contributed by atoms with Crippen LogP contribution in [-0.2, 0) is 22.7 Å². The number of carbonyl (C=O) groups excluding carboxylic acids is 1. The fourth-order valence-corrected chi connectivity index (χ4v) is 4.51. The Hall–Kier alpha value is -2.58. The standard InChI is InChI=1S/C18H13BrF4N4O3S2/c1-32(29,30)27(16(28)14-10-31-17(19)25-14)26(9-11-2-4-12(20)5-3-11)13-6-7-15(24-8-13)18(21,22)23/h2-8,10H,9H2,1H3. The second kappa shape index (κ2) is 9.11. The molecule has 0 atom stereocenters. The number of benzene rings is 1. The molecule has 1 amide bonds. The van der Waals surface area contributed by atoms with Gasteiger partial charge in [-0.3, -0.25) is 9.80 Å². The maximum absolute atomic E-state index is 13.3. The van der Waals surface area contributed by atoms with Crippen molar-refractivity contribution in [3.8, 4) is 0 Å². The third kappa shape index (κ3) is 5.61. The molecule has 0 fully saturated rings. The van der Waals surface area contributed by atoms with Gasteiger partial charge in [-0.05, 0) is 45.8 Å². The van der Waals surface area contributed by atoms with Gasteiger partial charge in [0.1, 0.15) is 17.2 Å². The van der Waals surface area contributed by atoms with Crippen molar-refractivity contribution in [2.75, 3.05) is 11.3 Å². The summed E-state index contributed by atoms with van der Waals surface area (Å²) in [5.74, 6) is -1.57. The molecule has 0 bridgehead atoms. The average Bonchev–Trinajstić information content (AvgIpc) is 3.14. The number of halogens is 5. The van der Waals surface area contributed by atoms with Crippen molar-refractivity contribution >= 4 is 48.9 Å². The first-order chi connectivity index (χ1) is 14.9. The highest BCUT2D eigenvalue weighted by Gasteiger charge is 2.35. The monoisotopic (exact) mass is 552 g/mol. The quantitative estimate of drug-likeness (QED) is 0.331. The van der Waals surface area contributed by atoms with Crippen molar-refractivity contribution in [2.45, 2.75) is 12.7 Å². The summed E-state index contributed by atoms with van der Waals surface area (Å²) in [6.07, 6.45) is -3.14. The van der Waals surface area contributed by atoms with E-state index < -0.39 is 33.6 Å². The van der Waals surface area contributed by atoms with Crippen LogP contribution in [0, 0.1) is 5.82 Å². The molecular formula is C18H13BrF4N4O3S2. The Morgan fingerprint density at radius 2 is 1.81 bits per heavy atom. The Morgan fingerprint density at radius 1 is 1.16 bits per heavy atom. The number of thiazole rings is 1. The third-order valence-electron chi connectivity index (χ3n) is 3.98. The maximum Gasteiger partial charge on any atom is 0.433 e. The number of anilines is 1. The van der Waals surface area contributed by atoms with Gasteiger partial charge in [0, 0.05) is 5.38 Å². The van der Waals surface area contributed by atoms with Gasteiger partial charge in [-0.25, -0.2) is 22.8 Å². The lowest BCUT2D eigenvalue weighted by Gasteiger charge is -2.34. The van der Waals surface area contributed by atoms with E-state index in [1.165, 1.54) is 17.5 Å². The second-order valence-electron chi connectivity index (χ2n) is 6.38. The van der Waals surface area contributed by atoms with Gasteiger partial charge >= 0.3 is 12.1 Å². The minimum atomic E-state index is -4.71. The molecule has 170 valence electrons. The van der Waals surface area contributed by atoms with Gasteiger partial charge in [0.2, 0.25) is 0 Å². The van der Waals surface area contributed by atoms with Gasteiger partial charge in [-0.1, -0.05) is 12.1 Å². The van der Waals surface area contributed by atoms with E-state index in [2.05, 4.69) is 25.9 Å². The van der Waals surface area contributed by atoms with Crippen LogP contribution in [-0.4, -0.2) is 35.0 Å². The molecule has 0 spiro atoms. The van der Waals surface area contributed by atoms with E-state index in [9.17, 15) is 30.8 Å². The Labute approximate surface area is 192 Å². The molecule has 3 aromatic rings. The molecule has 32 heavy (non-hydrogen) atoms. The zero-order chi connectivity index (χ0) is 23.7. The molecule has 2 heterocycles. The summed E-state index contributed by atoms with van der Waals surface area (Å²) in [5.41, 5.74) is -1.12. The molecule has 3 rings (SSSR count). The normalized spacial score (nSPS) is 11.9. The van der Waals surface area contributed by atoms with Crippen LogP contribution in [0.4, 0.5) is 23.2 Å². The fraction of sp³-hybridized carbons (Fsp3) is 0.167. The molecule has 0 saturated heterocycles. The minimum Gasteiger partial charge on any atom is -0.264 e. The van der Waals surface area contributed by atoms with Crippen molar-refractivity contribution in [3.63, 3.8) is 0 Å². The molecule has 1 aromatic carbocycles. The molecule has 0 saturated carbocycles. The molecule has 0 aliphatic rings. The SMILES string of the molecule is CS(=O)(=O)N(C(=O)c1csc(Br)n1)N(Cc1ccc(F)cc1)c1ccc(C(F)(F)F)nc1. The number of amides is 1. The summed E-state index contributed by atoms with van der Waals surface area (Å²) >= 11 is 4.13. The topological polar surface area (TPSA) is 83.5 Å². The highest BCUT2D eigenvalue weighted by Crippen LogP contribution is 2.30. The highest BCUT2D eigenvalue weighted by atomic mass is 79.9. The number of sulfonamides is 1. The van der Waals surface area contributed by atoms with E-state index in [1.54, 1.807) is 0 Å². The van der Waals surface area contributed by atoms with E-state index in [1.807, 2.05) is 0 Å². The molecule has 0 aliphatic carbocycles. The maximum atomic E-state index is 13.3. The summed E-state index contributed by atoms with van der Waals surface area (Å²) in [6, 6.07) is 6.61. The lowest BCUT2D eigenvalue weighted by Crippen LogP contribution is -2.49. The van der Waals surface area contributed by atoms with Crippen LogP contribution in [0.2, 0.25) is 0 Å². The summed E-state index contributed by atoms with van der Waals surface area (Å²) in [5, 5.41) is 2.26. The van der Waals surface area contributed by atoms with Crippen LogP contribution < -0.4 is 5.01 Å². The first-order valence-corrected chi connectivity index (χ1v) is 12.1. The van der Waals surface area contributed by atoms with Gasteiger partial charge in [0.25, 0.3) is 10.0 Å². The van der Waals surface area contributed by atoms with Crippen LogP contribution in [0.5, 0.6) is 0 Å². The lowest BCUT2D eigenvalue weighted by molar-refractivity contribution is -0.141. The van der Waals surface area contributed by atoms with Crippen molar-refractivity contribution in [1.29, 1.82) is 0 Å². The highest BCUT2D eigenvalue weighted by molar-refractivity contribution is 9.11. The van der Waals surface area contributed by atoms with E-state index in [-0.39, 0.29) is 17.9 Å². The number of carbonyl (C=O) groups is 1. The molecule has 0 radical (unpaired) electrons. The smallest absolute Gasteiger partial charge is 0.264 e. The lowest BCUT2D eigenvalue weighted by atomic mass is 10.2. The Bertz CT molecular complexity index is 1220. The Kier molecular flexibility index (Phi) is 6.86. The van der Waals surface area contributed by atoms with Gasteiger partial charge in [-0.15, -0.1) is 15.8 Å². The van der Waals surface area contributed by atoms with Gasteiger partial charge in [0.05, 0.1) is 24.7 Å². The van der Waals surface area contributed by atoms with Crippen LogP contribution >= 0.6 is 27.3 Å². The number of nitrogens with zero attached hydrogens (tertiary/aromatic N) is 4. The molecule has 14 heteroatoms. The van der Waals surface area contributed by atoms with E-state index >= 15 is 0 Å². The molecule has 7 nitrogen and oxygen atoms in total. The van der Waals surface area contributed by atoms with Crippen LogP contribution in [0.1, 0.15) is 21.7 Å². The summed E-state index contributed by atoms with van der Waals surface area (Å²) in [4.78, 5) is 20.3. The van der Waals surface area contributed by atoms with Crippen molar-refractivity contribution in [1.82, 2.24) is 14.4 Å². The molecule has 2 aromatic heterocycles. The third-order valence-corrected chi connectivity index (χ3v) is 6.34. The van der Waals surface area contributed by atoms with Crippen LogP contribution in [0.15, 0.2) is 51.9 Å². The Balaban J connectivity index is 2.11. The largest absolute Gasteiger partial charge is 0.433 e. The van der Waals surface area contributed by atoms with Crippen LogP contribution in [0.3, 0.4) is 0 Å².